The summed E-state index contributed by atoms with van der Waals surface area (Å²) in [4.78, 5) is 19.1. The van der Waals surface area contributed by atoms with E-state index in [0.29, 0.717) is 6.42 Å². The van der Waals surface area contributed by atoms with Gasteiger partial charge >= 0.3 is 0 Å². The zero-order valence-electron chi connectivity index (χ0n) is 15.4. The van der Waals surface area contributed by atoms with Crippen LogP contribution in [-0.4, -0.2) is 49.5 Å². The number of piperidine rings is 1. The Kier molecular flexibility index (Phi) is 5.67. The van der Waals surface area contributed by atoms with Crippen LogP contribution in [0.1, 0.15) is 58.8 Å². The first kappa shape index (κ1) is 17.6. The molecule has 5 nitrogen and oxygen atoms in total. The Morgan fingerprint density at radius 1 is 1.38 bits per heavy atom. The predicted octanol–water partition coefficient (Wildman–Crippen LogP) is 2.38. The van der Waals surface area contributed by atoms with Crippen molar-refractivity contribution in [1.82, 2.24) is 15.5 Å². The molecule has 3 fully saturated rings. The van der Waals surface area contributed by atoms with E-state index >= 15 is 0 Å². The summed E-state index contributed by atoms with van der Waals surface area (Å²) in [6, 6.07) is 0. The van der Waals surface area contributed by atoms with Gasteiger partial charge in [-0.2, -0.15) is 0 Å². The van der Waals surface area contributed by atoms with Crippen molar-refractivity contribution in [3.63, 3.8) is 0 Å². The van der Waals surface area contributed by atoms with Gasteiger partial charge in [0.05, 0.1) is 0 Å². The van der Waals surface area contributed by atoms with Crippen molar-refractivity contribution in [1.29, 1.82) is 0 Å². The summed E-state index contributed by atoms with van der Waals surface area (Å²) < 4.78 is 0. The van der Waals surface area contributed by atoms with E-state index in [2.05, 4.69) is 29.4 Å². The highest BCUT2D eigenvalue weighted by atomic mass is 16.1. The van der Waals surface area contributed by atoms with Crippen molar-refractivity contribution in [2.45, 2.75) is 58.8 Å². The van der Waals surface area contributed by atoms with Gasteiger partial charge in [0.1, 0.15) is 0 Å². The standard InChI is InChI=1S/C19H34N4O/c1-3-20-18(21-12-16-7-5-15(2)6-8-16)23-10-4-9-19(14-23)11-17(24)22-13-19/h15-16H,3-14H2,1-2H3,(H,20,21)(H,22,24). The number of carbonyl (C=O) groups excluding carboxylic acids is 1. The van der Waals surface area contributed by atoms with Crippen molar-refractivity contribution in [3.05, 3.63) is 0 Å². The van der Waals surface area contributed by atoms with Crippen LogP contribution >= 0.6 is 0 Å². The lowest BCUT2D eigenvalue weighted by atomic mass is 9.79. The van der Waals surface area contributed by atoms with Crippen molar-refractivity contribution in [2.75, 3.05) is 32.7 Å². The van der Waals surface area contributed by atoms with Crippen LogP contribution in [0.2, 0.25) is 0 Å². The van der Waals surface area contributed by atoms with Gasteiger partial charge in [0, 0.05) is 44.6 Å². The number of amides is 1. The summed E-state index contributed by atoms with van der Waals surface area (Å²) in [7, 11) is 0. The number of nitrogens with one attached hydrogen (secondary N) is 2. The molecule has 1 atom stereocenters. The number of guanidine groups is 1. The van der Waals surface area contributed by atoms with Gasteiger partial charge in [0.15, 0.2) is 5.96 Å². The maximum Gasteiger partial charge on any atom is 0.220 e. The Bertz CT molecular complexity index is 470. The Labute approximate surface area is 146 Å². The van der Waals surface area contributed by atoms with Gasteiger partial charge in [-0.25, -0.2) is 0 Å². The molecule has 0 aromatic rings. The fourth-order valence-electron chi connectivity index (χ4n) is 4.58. The highest BCUT2D eigenvalue weighted by Gasteiger charge is 2.42. The monoisotopic (exact) mass is 334 g/mol. The lowest BCUT2D eigenvalue weighted by Crippen LogP contribution is -2.51. The van der Waals surface area contributed by atoms with Gasteiger partial charge < -0.3 is 15.5 Å². The fraction of sp³-hybridized carbons (Fsp3) is 0.895. The summed E-state index contributed by atoms with van der Waals surface area (Å²) in [6.07, 6.45) is 8.36. The molecule has 2 aliphatic heterocycles. The van der Waals surface area contributed by atoms with Crippen molar-refractivity contribution >= 4 is 11.9 Å². The highest BCUT2D eigenvalue weighted by Crippen LogP contribution is 2.36. The molecular formula is C19H34N4O. The van der Waals surface area contributed by atoms with Gasteiger partial charge in [-0.05, 0) is 44.4 Å². The number of nitrogens with zero attached hydrogens (tertiary/aromatic N) is 2. The number of likely N-dealkylation sites (tertiary alicyclic amines) is 1. The molecule has 5 heteroatoms. The highest BCUT2D eigenvalue weighted by molar-refractivity contribution is 5.81. The van der Waals surface area contributed by atoms with Gasteiger partial charge in [-0.15, -0.1) is 0 Å². The normalized spacial score (nSPS) is 34.5. The molecule has 1 amide bonds. The van der Waals surface area contributed by atoms with E-state index in [1.54, 1.807) is 0 Å². The second-order valence-electron chi connectivity index (χ2n) is 8.30. The Morgan fingerprint density at radius 2 is 2.17 bits per heavy atom. The Morgan fingerprint density at radius 3 is 2.83 bits per heavy atom. The SMILES string of the molecule is CCNC(=NCC1CCC(C)CC1)N1CCCC2(CNC(=O)C2)C1. The number of hydrogen-bond donors (Lipinski definition) is 2. The maximum absolute atomic E-state index is 11.7. The average Bonchev–Trinajstić information content (AvgIpc) is 2.93. The molecular weight excluding hydrogens is 300 g/mol. The smallest absolute Gasteiger partial charge is 0.220 e. The molecule has 2 heterocycles. The topological polar surface area (TPSA) is 56.7 Å². The van der Waals surface area contributed by atoms with E-state index in [0.717, 1.165) is 63.4 Å². The summed E-state index contributed by atoms with van der Waals surface area (Å²) in [5, 5.41) is 6.52. The molecule has 1 spiro atoms. The quantitative estimate of drug-likeness (QED) is 0.615. The van der Waals surface area contributed by atoms with E-state index in [1.165, 1.54) is 25.7 Å². The minimum atomic E-state index is 0.131. The number of carbonyl (C=O) groups is 1. The third-order valence-electron chi connectivity index (χ3n) is 6.13. The van der Waals surface area contributed by atoms with Crippen LogP contribution in [0.25, 0.3) is 0 Å². The first-order chi connectivity index (χ1) is 11.6. The fourth-order valence-corrected chi connectivity index (χ4v) is 4.58. The van der Waals surface area contributed by atoms with Crippen LogP contribution in [0.15, 0.2) is 4.99 Å². The van der Waals surface area contributed by atoms with Crippen LogP contribution in [0, 0.1) is 17.3 Å². The number of aliphatic imine (C=N–C) groups is 1. The average molecular weight is 335 g/mol. The summed E-state index contributed by atoms with van der Waals surface area (Å²) in [5.41, 5.74) is 0.131. The molecule has 1 aliphatic carbocycles. The molecule has 0 radical (unpaired) electrons. The molecule has 0 aromatic carbocycles. The predicted molar refractivity (Wildman–Crippen MR) is 98.0 cm³/mol. The largest absolute Gasteiger partial charge is 0.357 e. The summed E-state index contributed by atoms with van der Waals surface area (Å²) in [5.74, 6) is 2.93. The molecule has 1 saturated carbocycles. The first-order valence-corrected chi connectivity index (χ1v) is 9.90. The molecule has 0 bridgehead atoms. The molecule has 3 aliphatic rings. The molecule has 3 rings (SSSR count). The molecule has 24 heavy (non-hydrogen) atoms. The summed E-state index contributed by atoms with van der Waals surface area (Å²) in [6.45, 7) is 9.22. The van der Waals surface area contributed by atoms with Crippen LogP contribution in [0.3, 0.4) is 0 Å². The minimum absolute atomic E-state index is 0.131. The maximum atomic E-state index is 11.7. The minimum Gasteiger partial charge on any atom is -0.357 e. The van der Waals surface area contributed by atoms with Crippen molar-refractivity contribution in [3.8, 4) is 0 Å². The zero-order valence-corrected chi connectivity index (χ0v) is 15.4. The van der Waals surface area contributed by atoms with E-state index in [-0.39, 0.29) is 11.3 Å². The van der Waals surface area contributed by atoms with Crippen LogP contribution < -0.4 is 10.6 Å². The van der Waals surface area contributed by atoms with E-state index in [1.807, 2.05) is 0 Å². The van der Waals surface area contributed by atoms with E-state index < -0.39 is 0 Å². The first-order valence-electron chi connectivity index (χ1n) is 9.90. The van der Waals surface area contributed by atoms with E-state index in [4.69, 9.17) is 4.99 Å². The molecule has 2 N–H and O–H groups in total. The lowest BCUT2D eigenvalue weighted by molar-refractivity contribution is -0.119. The van der Waals surface area contributed by atoms with Gasteiger partial charge in [-0.3, -0.25) is 9.79 Å². The van der Waals surface area contributed by atoms with Crippen LogP contribution in [0.4, 0.5) is 0 Å². The number of rotatable bonds is 3. The molecule has 136 valence electrons. The third-order valence-corrected chi connectivity index (χ3v) is 6.13. The Balaban J connectivity index is 1.61. The van der Waals surface area contributed by atoms with Gasteiger partial charge in [-0.1, -0.05) is 19.8 Å². The zero-order chi connectivity index (χ0) is 17.0. The van der Waals surface area contributed by atoms with Crippen molar-refractivity contribution in [2.24, 2.45) is 22.2 Å². The molecule has 1 unspecified atom stereocenters. The molecule has 2 saturated heterocycles. The second-order valence-corrected chi connectivity index (χ2v) is 8.30. The van der Waals surface area contributed by atoms with Crippen LogP contribution in [0.5, 0.6) is 0 Å². The summed E-state index contributed by atoms with van der Waals surface area (Å²) >= 11 is 0. The van der Waals surface area contributed by atoms with Gasteiger partial charge in [0.25, 0.3) is 0 Å². The second kappa shape index (κ2) is 7.75. The number of hydrogen-bond acceptors (Lipinski definition) is 2. The van der Waals surface area contributed by atoms with Crippen molar-refractivity contribution < 1.29 is 4.79 Å². The molecule has 0 aromatic heterocycles. The third kappa shape index (κ3) is 4.22. The Hall–Kier alpha value is -1.26. The van der Waals surface area contributed by atoms with E-state index in [9.17, 15) is 4.79 Å². The van der Waals surface area contributed by atoms with Gasteiger partial charge in [0.2, 0.25) is 5.91 Å². The lowest BCUT2D eigenvalue weighted by Gasteiger charge is -2.41. The van der Waals surface area contributed by atoms with Crippen LogP contribution in [-0.2, 0) is 4.79 Å².